The highest BCUT2D eigenvalue weighted by Gasteiger charge is 2.31. The number of rotatable bonds is 4. The summed E-state index contributed by atoms with van der Waals surface area (Å²) in [7, 11) is 2.13. The number of aromatic nitrogens is 6. The number of hydrogen-bond acceptors (Lipinski definition) is 8. The monoisotopic (exact) mass is 316 g/mol. The van der Waals surface area contributed by atoms with Gasteiger partial charge in [-0.25, -0.2) is 0 Å². The van der Waals surface area contributed by atoms with Crippen molar-refractivity contribution in [1.29, 1.82) is 0 Å². The van der Waals surface area contributed by atoms with E-state index in [1.807, 2.05) is 19.1 Å². The molecular formula is C13H16N8S. The van der Waals surface area contributed by atoms with Crippen molar-refractivity contribution in [2.45, 2.75) is 19.5 Å². The Hall–Kier alpha value is -2.13. The quantitative estimate of drug-likeness (QED) is 0.698. The number of nitrogens with zero attached hydrogens (tertiary/aromatic N) is 8. The second-order valence-corrected chi connectivity index (χ2v) is 6.78. The van der Waals surface area contributed by atoms with Gasteiger partial charge in [0.1, 0.15) is 22.2 Å². The second-order valence-electron chi connectivity index (χ2n) is 5.51. The van der Waals surface area contributed by atoms with Crippen molar-refractivity contribution in [2.75, 3.05) is 25.0 Å². The van der Waals surface area contributed by atoms with Gasteiger partial charge in [0, 0.05) is 19.1 Å². The fourth-order valence-corrected chi connectivity index (χ4v) is 3.32. The molecular weight excluding hydrogens is 300 g/mol. The molecule has 9 heteroatoms. The van der Waals surface area contributed by atoms with E-state index in [2.05, 4.69) is 42.3 Å². The molecule has 0 bridgehead atoms. The molecule has 0 aliphatic carbocycles. The van der Waals surface area contributed by atoms with Crippen LogP contribution >= 0.6 is 11.3 Å². The van der Waals surface area contributed by atoms with Crippen LogP contribution in [0.5, 0.6) is 0 Å². The van der Waals surface area contributed by atoms with E-state index in [0.717, 1.165) is 41.1 Å². The average molecular weight is 316 g/mol. The van der Waals surface area contributed by atoms with Gasteiger partial charge in [0.25, 0.3) is 0 Å². The summed E-state index contributed by atoms with van der Waals surface area (Å²) in [6, 6.07) is 4.45. The van der Waals surface area contributed by atoms with Crippen LogP contribution in [0.15, 0.2) is 18.5 Å². The zero-order valence-electron chi connectivity index (χ0n) is 12.4. The zero-order chi connectivity index (χ0) is 15.1. The molecule has 0 radical (unpaired) electrons. The smallest absolute Gasteiger partial charge is 0.177 e. The Morgan fingerprint density at radius 3 is 2.91 bits per heavy atom. The molecule has 0 atom stereocenters. The van der Waals surface area contributed by atoms with Gasteiger partial charge in [-0.2, -0.15) is 4.52 Å². The van der Waals surface area contributed by atoms with Crippen LogP contribution in [0.1, 0.15) is 10.0 Å². The van der Waals surface area contributed by atoms with Crippen LogP contribution in [0.4, 0.5) is 5.82 Å². The third-order valence-electron chi connectivity index (χ3n) is 3.91. The van der Waals surface area contributed by atoms with Crippen molar-refractivity contribution in [3.63, 3.8) is 0 Å². The molecule has 8 nitrogen and oxygen atoms in total. The van der Waals surface area contributed by atoms with Crippen LogP contribution in [0.25, 0.3) is 5.65 Å². The molecule has 0 amide bonds. The standard InChI is InChI=1S/C13H16N8S/c1-9-15-17-13(22-9)7-19(2)10-5-20(6-10)12-4-3-11-16-14-8-21(11)18-12/h3-4,8,10H,5-7H2,1-2H3. The van der Waals surface area contributed by atoms with E-state index >= 15 is 0 Å². The molecule has 0 saturated carbocycles. The molecule has 22 heavy (non-hydrogen) atoms. The summed E-state index contributed by atoms with van der Waals surface area (Å²) in [6.45, 7) is 4.77. The topological polar surface area (TPSA) is 75.3 Å². The van der Waals surface area contributed by atoms with E-state index in [4.69, 9.17) is 0 Å². The van der Waals surface area contributed by atoms with Crippen molar-refractivity contribution in [3.05, 3.63) is 28.5 Å². The summed E-state index contributed by atoms with van der Waals surface area (Å²) < 4.78 is 1.70. The van der Waals surface area contributed by atoms with Crippen molar-refractivity contribution in [3.8, 4) is 0 Å². The SMILES string of the molecule is Cc1nnc(CN(C)C2CN(c3ccc4nncn4n3)C2)s1. The highest BCUT2D eigenvalue weighted by Crippen LogP contribution is 2.22. The van der Waals surface area contributed by atoms with E-state index < -0.39 is 0 Å². The first kappa shape index (κ1) is 13.5. The Morgan fingerprint density at radius 1 is 1.27 bits per heavy atom. The molecule has 1 aliphatic heterocycles. The lowest BCUT2D eigenvalue weighted by molar-refractivity contribution is 0.196. The lowest BCUT2D eigenvalue weighted by atomic mass is 10.1. The number of fused-ring (bicyclic) bond motifs is 1. The van der Waals surface area contributed by atoms with Crippen molar-refractivity contribution < 1.29 is 0 Å². The minimum absolute atomic E-state index is 0.516. The van der Waals surface area contributed by atoms with Gasteiger partial charge in [0.05, 0.1) is 6.54 Å². The van der Waals surface area contributed by atoms with Gasteiger partial charge in [-0.15, -0.1) is 36.8 Å². The lowest BCUT2D eigenvalue weighted by Crippen LogP contribution is -2.58. The van der Waals surface area contributed by atoms with Crippen molar-refractivity contribution in [1.82, 2.24) is 34.9 Å². The van der Waals surface area contributed by atoms with E-state index in [0.29, 0.717) is 6.04 Å². The molecule has 4 rings (SSSR count). The fourth-order valence-electron chi connectivity index (χ4n) is 2.55. The number of hydrogen-bond donors (Lipinski definition) is 0. The maximum Gasteiger partial charge on any atom is 0.177 e. The van der Waals surface area contributed by atoms with E-state index in [1.165, 1.54) is 0 Å². The first-order chi connectivity index (χ1) is 10.7. The Kier molecular flexibility index (Phi) is 3.23. The van der Waals surface area contributed by atoms with Crippen LogP contribution < -0.4 is 4.90 Å². The first-order valence-electron chi connectivity index (χ1n) is 7.10. The Morgan fingerprint density at radius 2 is 2.14 bits per heavy atom. The van der Waals surface area contributed by atoms with Gasteiger partial charge in [-0.3, -0.25) is 4.90 Å². The fraction of sp³-hybridized carbons (Fsp3) is 0.462. The summed E-state index contributed by atoms with van der Waals surface area (Å²) >= 11 is 1.66. The highest BCUT2D eigenvalue weighted by atomic mass is 32.1. The van der Waals surface area contributed by atoms with Gasteiger partial charge in [0.2, 0.25) is 0 Å². The Balaban J connectivity index is 1.38. The highest BCUT2D eigenvalue weighted by molar-refractivity contribution is 7.11. The predicted octanol–water partition coefficient (Wildman–Crippen LogP) is 0.605. The maximum atomic E-state index is 4.52. The molecule has 3 aromatic rings. The van der Waals surface area contributed by atoms with Crippen LogP contribution in [-0.4, -0.2) is 61.1 Å². The minimum atomic E-state index is 0.516. The molecule has 4 heterocycles. The van der Waals surface area contributed by atoms with Gasteiger partial charge in [-0.05, 0) is 26.1 Å². The molecule has 0 unspecified atom stereocenters. The summed E-state index contributed by atoms with van der Waals surface area (Å²) in [6.07, 6.45) is 1.63. The Labute approximate surface area is 131 Å². The molecule has 0 N–H and O–H groups in total. The molecule has 1 saturated heterocycles. The van der Waals surface area contributed by atoms with E-state index in [1.54, 1.807) is 22.2 Å². The van der Waals surface area contributed by atoms with Crippen LogP contribution in [0.2, 0.25) is 0 Å². The van der Waals surface area contributed by atoms with Crippen LogP contribution in [0.3, 0.4) is 0 Å². The molecule has 0 aromatic carbocycles. The summed E-state index contributed by atoms with van der Waals surface area (Å²) in [5.41, 5.74) is 0.768. The second kappa shape index (κ2) is 5.25. The van der Waals surface area contributed by atoms with Crippen molar-refractivity contribution >= 4 is 22.8 Å². The summed E-state index contributed by atoms with van der Waals surface area (Å²) in [4.78, 5) is 4.58. The van der Waals surface area contributed by atoms with Gasteiger partial charge < -0.3 is 4.90 Å². The average Bonchev–Trinajstić information content (AvgIpc) is 3.05. The van der Waals surface area contributed by atoms with Gasteiger partial charge >= 0.3 is 0 Å². The lowest BCUT2D eigenvalue weighted by Gasteiger charge is -2.44. The van der Waals surface area contributed by atoms with Crippen LogP contribution in [-0.2, 0) is 6.54 Å². The number of aryl methyl sites for hydroxylation is 1. The third-order valence-corrected chi connectivity index (χ3v) is 4.73. The van der Waals surface area contributed by atoms with Gasteiger partial charge in [0.15, 0.2) is 5.65 Å². The minimum Gasteiger partial charge on any atom is -0.352 e. The molecule has 114 valence electrons. The normalized spacial score (nSPS) is 15.7. The van der Waals surface area contributed by atoms with E-state index in [-0.39, 0.29) is 0 Å². The molecule has 3 aromatic heterocycles. The number of anilines is 1. The summed E-state index contributed by atoms with van der Waals surface area (Å²) in [5, 5.41) is 22.7. The van der Waals surface area contributed by atoms with Crippen LogP contribution in [0, 0.1) is 6.92 Å². The molecule has 1 fully saturated rings. The van der Waals surface area contributed by atoms with E-state index in [9.17, 15) is 0 Å². The maximum absolute atomic E-state index is 4.52. The van der Waals surface area contributed by atoms with Crippen molar-refractivity contribution in [2.24, 2.45) is 0 Å². The Bertz CT molecular complexity index is 790. The molecule has 1 aliphatic rings. The first-order valence-corrected chi connectivity index (χ1v) is 7.92. The number of likely N-dealkylation sites (N-methyl/N-ethyl adjacent to an activating group) is 1. The molecule has 0 spiro atoms. The third kappa shape index (κ3) is 2.42. The predicted molar refractivity (Wildman–Crippen MR) is 82.9 cm³/mol. The zero-order valence-corrected chi connectivity index (χ0v) is 13.2. The summed E-state index contributed by atoms with van der Waals surface area (Å²) in [5.74, 6) is 0.962. The van der Waals surface area contributed by atoms with Gasteiger partial charge in [-0.1, -0.05) is 0 Å². The largest absolute Gasteiger partial charge is 0.352 e.